The molecule has 0 bridgehead atoms. The van der Waals surface area contributed by atoms with E-state index in [4.69, 9.17) is 9.47 Å². The first-order valence-electron chi connectivity index (χ1n) is 8.25. The highest BCUT2D eigenvalue weighted by Gasteiger charge is 2.28. The predicted octanol–water partition coefficient (Wildman–Crippen LogP) is 4.43. The SMILES string of the molecule is CCOc1cc2c(cc1CC=O)C(c1ccccc1)=CC(C)(C)O2. The van der Waals surface area contributed by atoms with Gasteiger partial charge in [-0.25, -0.2) is 0 Å². The maximum Gasteiger partial charge on any atom is 0.132 e. The second-order valence-corrected chi connectivity index (χ2v) is 6.39. The van der Waals surface area contributed by atoms with Gasteiger partial charge < -0.3 is 14.3 Å². The van der Waals surface area contributed by atoms with Crippen molar-refractivity contribution in [2.75, 3.05) is 6.61 Å². The van der Waals surface area contributed by atoms with Crippen molar-refractivity contribution in [2.24, 2.45) is 0 Å². The first-order valence-corrected chi connectivity index (χ1v) is 8.25. The number of hydrogen-bond acceptors (Lipinski definition) is 3. The normalized spacial score (nSPS) is 15.0. The molecule has 2 aromatic carbocycles. The maximum absolute atomic E-state index is 11.1. The van der Waals surface area contributed by atoms with Crippen molar-refractivity contribution in [3.05, 3.63) is 65.2 Å². The summed E-state index contributed by atoms with van der Waals surface area (Å²) in [5.41, 5.74) is 3.73. The third kappa shape index (κ3) is 3.21. The fourth-order valence-electron chi connectivity index (χ4n) is 3.03. The maximum atomic E-state index is 11.1. The lowest BCUT2D eigenvalue weighted by Gasteiger charge is -2.32. The van der Waals surface area contributed by atoms with Crippen molar-refractivity contribution in [3.8, 4) is 11.5 Å². The number of aldehydes is 1. The molecular formula is C21H22O3. The average Bonchev–Trinajstić information content (AvgIpc) is 2.56. The summed E-state index contributed by atoms with van der Waals surface area (Å²) < 4.78 is 11.9. The molecule has 3 nitrogen and oxygen atoms in total. The molecule has 24 heavy (non-hydrogen) atoms. The number of benzene rings is 2. The van der Waals surface area contributed by atoms with E-state index in [1.54, 1.807) is 0 Å². The first kappa shape index (κ1) is 16.3. The van der Waals surface area contributed by atoms with Crippen LogP contribution in [0.4, 0.5) is 0 Å². The minimum absolute atomic E-state index is 0.327. The largest absolute Gasteiger partial charge is 0.493 e. The summed E-state index contributed by atoms with van der Waals surface area (Å²) in [6.45, 7) is 6.57. The van der Waals surface area contributed by atoms with E-state index in [0.29, 0.717) is 18.8 Å². The smallest absolute Gasteiger partial charge is 0.132 e. The minimum Gasteiger partial charge on any atom is -0.493 e. The number of carbonyl (C=O) groups excluding carboxylic acids is 1. The quantitative estimate of drug-likeness (QED) is 0.764. The van der Waals surface area contributed by atoms with E-state index in [0.717, 1.165) is 34.3 Å². The molecule has 1 aliphatic rings. The molecule has 1 heterocycles. The molecule has 1 aliphatic heterocycles. The molecular weight excluding hydrogens is 300 g/mol. The summed E-state index contributed by atoms with van der Waals surface area (Å²) >= 11 is 0. The predicted molar refractivity (Wildman–Crippen MR) is 95.6 cm³/mol. The van der Waals surface area contributed by atoms with E-state index >= 15 is 0 Å². The van der Waals surface area contributed by atoms with E-state index in [-0.39, 0.29) is 0 Å². The molecule has 0 aromatic heterocycles. The summed E-state index contributed by atoms with van der Waals surface area (Å²) in [5, 5.41) is 0. The van der Waals surface area contributed by atoms with E-state index in [1.165, 1.54) is 0 Å². The number of hydrogen-bond donors (Lipinski definition) is 0. The number of fused-ring (bicyclic) bond motifs is 1. The third-order valence-electron chi connectivity index (χ3n) is 4.01. The molecule has 0 radical (unpaired) electrons. The van der Waals surface area contributed by atoms with Gasteiger partial charge in [-0.3, -0.25) is 0 Å². The Labute approximate surface area is 142 Å². The summed E-state index contributed by atoms with van der Waals surface area (Å²) in [6.07, 6.45) is 3.37. The molecule has 0 saturated carbocycles. The van der Waals surface area contributed by atoms with Gasteiger partial charge in [0.2, 0.25) is 0 Å². The van der Waals surface area contributed by atoms with Crippen molar-refractivity contribution in [1.29, 1.82) is 0 Å². The number of rotatable bonds is 5. The molecule has 3 heteroatoms. The van der Waals surface area contributed by atoms with E-state index in [9.17, 15) is 4.79 Å². The molecule has 2 aromatic rings. The molecule has 0 fully saturated rings. The molecule has 0 spiro atoms. The fourth-order valence-corrected chi connectivity index (χ4v) is 3.03. The van der Waals surface area contributed by atoms with Gasteiger partial charge in [-0.05, 0) is 44.1 Å². The Kier molecular flexibility index (Phi) is 4.43. The Bertz CT molecular complexity index is 773. The van der Waals surface area contributed by atoms with Gasteiger partial charge in [0.1, 0.15) is 23.4 Å². The monoisotopic (exact) mass is 322 g/mol. The van der Waals surface area contributed by atoms with Crippen LogP contribution in [-0.4, -0.2) is 18.5 Å². The van der Waals surface area contributed by atoms with Crippen LogP contribution in [0.2, 0.25) is 0 Å². The molecule has 0 atom stereocenters. The molecule has 0 aliphatic carbocycles. The van der Waals surface area contributed by atoms with Gasteiger partial charge in [-0.1, -0.05) is 30.3 Å². The van der Waals surface area contributed by atoms with Gasteiger partial charge in [0.25, 0.3) is 0 Å². The average molecular weight is 322 g/mol. The lowest BCUT2D eigenvalue weighted by molar-refractivity contribution is -0.107. The second-order valence-electron chi connectivity index (χ2n) is 6.39. The van der Waals surface area contributed by atoms with E-state index in [1.807, 2.05) is 51.1 Å². The molecule has 124 valence electrons. The molecule has 0 saturated heterocycles. The van der Waals surface area contributed by atoms with Crippen LogP contribution in [0.5, 0.6) is 11.5 Å². The zero-order valence-electron chi connectivity index (χ0n) is 14.3. The van der Waals surface area contributed by atoms with Crippen molar-refractivity contribution in [1.82, 2.24) is 0 Å². The summed E-state index contributed by atoms with van der Waals surface area (Å²) in [7, 11) is 0. The van der Waals surface area contributed by atoms with Crippen LogP contribution < -0.4 is 9.47 Å². The van der Waals surface area contributed by atoms with Crippen LogP contribution in [0.1, 0.15) is 37.5 Å². The van der Waals surface area contributed by atoms with Gasteiger partial charge in [0.15, 0.2) is 0 Å². The minimum atomic E-state index is -0.409. The highest BCUT2D eigenvalue weighted by atomic mass is 16.5. The highest BCUT2D eigenvalue weighted by molar-refractivity contribution is 5.85. The van der Waals surface area contributed by atoms with Crippen molar-refractivity contribution in [3.63, 3.8) is 0 Å². The summed E-state index contributed by atoms with van der Waals surface area (Å²) in [4.78, 5) is 11.1. The standard InChI is InChI=1S/C21H22O3/c1-4-23-19-13-20-17(12-16(19)10-11-22)18(14-21(2,3)24-20)15-8-6-5-7-9-15/h5-9,11-14H,4,10H2,1-3H3. The molecule has 0 amide bonds. The molecule has 0 N–H and O–H groups in total. The summed E-state index contributed by atoms with van der Waals surface area (Å²) in [5.74, 6) is 1.51. The number of ether oxygens (including phenoxy) is 2. The van der Waals surface area contributed by atoms with Gasteiger partial charge in [0, 0.05) is 23.6 Å². The second kappa shape index (κ2) is 6.52. The van der Waals surface area contributed by atoms with Crippen LogP contribution in [0.15, 0.2) is 48.5 Å². The Hall–Kier alpha value is -2.55. The zero-order valence-corrected chi connectivity index (χ0v) is 14.3. The lowest BCUT2D eigenvalue weighted by Crippen LogP contribution is -2.29. The molecule has 3 rings (SSSR count). The van der Waals surface area contributed by atoms with E-state index in [2.05, 4.69) is 18.2 Å². The zero-order chi connectivity index (χ0) is 17.2. The van der Waals surface area contributed by atoms with Crippen molar-refractivity contribution < 1.29 is 14.3 Å². The van der Waals surface area contributed by atoms with Gasteiger partial charge in [0.05, 0.1) is 6.61 Å². The van der Waals surface area contributed by atoms with Crippen molar-refractivity contribution in [2.45, 2.75) is 32.8 Å². The van der Waals surface area contributed by atoms with Crippen LogP contribution in [0, 0.1) is 0 Å². The first-order chi connectivity index (χ1) is 11.5. The number of carbonyl (C=O) groups is 1. The Balaban J connectivity index is 2.18. The Morgan fingerprint density at radius 2 is 1.92 bits per heavy atom. The van der Waals surface area contributed by atoms with E-state index < -0.39 is 5.60 Å². The van der Waals surface area contributed by atoms with Gasteiger partial charge in [-0.2, -0.15) is 0 Å². The fraction of sp³-hybridized carbons (Fsp3) is 0.286. The highest BCUT2D eigenvalue weighted by Crippen LogP contribution is 2.42. The Morgan fingerprint density at radius 3 is 2.58 bits per heavy atom. The van der Waals surface area contributed by atoms with Gasteiger partial charge in [-0.15, -0.1) is 0 Å². The van der Waals surface area contributed by atoms with Crippen LogP contribution in [-0.2, 0) is 11.2 Å². The van der Waals surface area contributed by atoms with Gasteiger partial charge >= 0.3 is 0 Å². The topological polar surface area (TPSA) is 35.5 Å². The lowest BCUT2D eigenvalue weighted by atomic mass is 9.88. The van der Waals surface area contributed by atoms with Crippen LogP contribution in [0.3, 0.4) is 0 Å². The summed E-state index contributed by atoms with van der Waals surface area (Å²) in [6, 6.07) is 14.2. The van der Waals surface area contributed by atoms with Crippen LogP contribution in [0.25, 0.3) is 5.57 Å². The van der Waals surface area contributed by atoms with Crippen LogP contribution >= 0.6 is 0 Å². The van der Waals surface area contributed by atoms with Crippen molar-refractivity contribution >= 4 is 11.9 Å². The third-order valence-corrected chi connectivity index (χ3v) is 4.01. The molecule has 0 unspecified atom stereocenters. The Morgan fingerprint density at radius 1 is 1.17 bits per heavy atom.